The van der Waals surface area contributed by atoms with Gasteiger partial charge in [-0.05, 0) is 17.7 Å². The van der Waals surface area contributed by atoms with E-state index in [-0.39, 0.29) is 11.7 Å². The van der Waals surface area contributed by atoms with Crippen molar-refractivity contribution in [1.82, 2.24) is 9.55 Å². The van der Waals surface area contributed by atoms with Crippen molar-refractivity contribution < 1.29 is 4.39 Å². The number of aromatic nitrogens is 2. The SMILES string of the molecule is N=C(N)c1ccccc1Cn1ccnc1-c1ccccc1F. The van der Waals surface area contributed by atoms with Crippen molar-refractivity contribution in [1.29, 1.82) is 5.41 Å². The second-order valence-electron chi connectivity index (χ2n) is 4.93. The molecule has 110 valence electrons. The molecular formula is C17H15FN4. The number of nitrogens with two attached hydrogens (primary N) is 1. The average Bonchev–Trinajstić information content (AvgIpc) is 2.96. The summed E-state index contributed by atoms with van der Waals surface area (Å²) in [6.07, 6.45) is 3.43. The highest BCUT2D eigenvalue weighted by Gasteiger charge is 2.12. The van der Waals surface area contributed by atoms with E-state index >= 15 is 0 Å². The Labute approximate surface area is 127 Å². The molecular weight excluding hydrogens is 279 g/mol. The smallest absolute Gasteiger partial charge is 0.143 e. The number of nitrogens with zero attached hydrogens (tertiary/aromatic N) is 2. The summed E-state index contributed by atoms with van der Waals surface area (Å²) < 4.78 is 15.8. The van der Waals surface area contributed by atoms with E-state index in [4.69, 9.17) is 11.1 Å². The molecule has 0 amide bonds. The molecule has 3 N–H and O–H groups in total. The molecule has 1 aromatic heterocycles. The molecule has 0 saturated carbocycles. The topological polar surface area (TPSA) is 67.7 Å². The summed E-state index contributed by atoms with van der Waals surface area (Å²) in [6, 6.07) is 14.0. The number of benzene rings is 2. The van der Waals surface area contributed by atoms with E-state index in [1.165, 1.54) is 6.07 Å². The summed E-state index contributed by atoms with van der Waals surface area (Å²) in [5.41, 5.74) is 7.64. The quantitative estimate of drug-likeness (QED) is 0.573. The Morgan fingerprint density at radius 3 is 2.64 bits per heavy atom. The molecule has 22 heavy (non-hydrogen) atoms. The van der Waals surface area contributed by atoms with Gasteiger partial charge in [-0.2, -0.15) is 0 Å². The average molecular weight is 294 g/mol. The van der Waals surface area contributed by atoms with Crippen molar-refractivity contribution in [2.75, 3.05) is 0 Å². The number of hydrogen-bond donors (Lipinski definition) is 2. The summed E-state index contributed by atoms with van der Waals surface area (Å²) in [7, 11) is 0. The van der Waals surface area contributed by atoms with Crippen LogP contribution in [-0.2, 0) is 6.54 Å². The van der Waals surface area contributed by atoms with Gasteiger partial charge in [0.2, 0.25) is 0 Å². The largest absolute Gasteiger partial charge is 0.384 e. The van der Waals surface area contributed by atoms with Crippen molar-refractivity contribution in [2.45, 2.75) is 6.54 Å². The number of nitrogen functional groups attached to an aromatic ring is 1. The zero-order valence-electron chi connectivity index (χ0n) is 11.8. The van der Waals surface area contributed by atoms with Crippen LogP contribution in [0.15, 0.2) is 60.9 Å². The summed E-state index contributed by atoms with van der Waals surface area (Å²) in [6.45, 7) is 0.472. The second-order valence-corrected chi connectivity index (χ2v) is 4.93. The molecule has 0 radical (unpaired) electrons. The van der Waals surface area contributed by atoms with Gasteiger partial charge in [0.15, 0.2) is 0 Å². The Hall–Kier alpha value is -2.95. The van der Waals surface area contributed by atoms with Crippen LogP contribution in [-0.4, -0.2) is 15.4 Å². The second kappa shape index (κ2) is 5.81. The van der Waals surface area contributed by atoms with Crippen molar-refractivity contribution in [3.05, 3.63) is 77.9 Å². The summed E-state index contributed by atoms with van der Waals surface area (Å²) in [4.78, 5) is 4.26. The molecule has 5 heteroatoms. The zero-order valence-corrected chi connectivity index (χ0v) is 11.8. The molecule has 0 aliphatic rings. The standard InChI is InChI=1S/C17H15FN4/c18-15-8-4-3-7-14(15)17-21-9-10-22(17)11-12-5-1-2-6-13(12)16(19)20/h1-10H,11H2,(H3,19,20). The fourth-order valence-electron chi connectivity index (χ4n) is 2.43. The van der Waals surface area contributed by atoms with Crippen LogP contribution in [0.5, 0.6) is 0 Å². The maximum atomic E-state index is 14.0. The molecule has 2 aromatic carbocycles. The van der Waals surface area contributed by atoms with E-state index in [1.54, 1.807) is 36.7 Å². The first kappa shape index (κ1) is 14.0. The number of nitrogens with one attached hydrogen (secondary N) is 1. The van der Waals surface area contributed by atoms with E-state index in [0.29, 0.717) is 23.5 Å². The van der Waals surface area contributed by atoms with Gasteiger partial charge in [0.1, 0.15) is 17.5 Å². The summed E-state index contributed by atoms with van der Waals surface area (Å²) in [5, 5.41) is 7.65. The molecule has 4 nitrogen and oxygen atoms in total. The fourth-order valence-corrected chi connectivity index (χ4v) is 2.43. The molecule has 0 unspecified atom stereocenters. The molecule has 0 atom stereocenters. The number of imidazole rings is 1. The predicted octanol–water partition coefficient (Wildman–Crippen LogP) is 3.02. The number of halogens is 1. The normalized spacial score (nSPS) is 10.6. The first-order valence-corrected chi connectivity index (χ1v) is 6.85. The van der Waals surface area contributed by atoms with Crippen molar-refractivity contribution in [2.24, 2.45) is 5.73 Å². The lowest BCUT2D eigenvalue weighted by Crippen LogP contribution is -2.15. The molecule has 3 rings (SSSR count). The molecule has 0 fully saturated rings. The predicted molar refractivity (Wildman–Crippen MR) is 84.2 cm³/mol. The van der Waals surface area contributed by atoms with Crippen LogP contribution >= 0.6 is 0 Å². The third-order valence-electron chi connectivity index (χ3n) is 3.48. The highest BCUT2D eigenvalue weighted by Crippen LogP contribution is 2.22. The maximum absolute atomic E-state index is 14.0. The third kappa shape index (κ3) is 2.61. The van der Waals surface area contributed by atoms with Crippen LogP contribution in [0.4, 0.5) is 4.39 Å². The van der Waals surface area contributed by atoms with Gasteiger partial charge in [0.05, 0.1) is 5.56 Å². The van der Waals surface area contributed by atoms with Crippen molar-refractivity contribution in [3.63, 3.8) is 0 Å². The van der Waals surface area contributed by atoms with Crippen molar-refractivity contribution in [3.8, 4) is 11.4 Å². The van der Waals surface area contributed by atoms with E-state index in [9.17, 15) is 4.39 Å². The lowest BCUT2D eigenvalue weighted by molar-refractivity contribution is 0.628. The van der Waals surface area contributed by atoms with Gasteiger partial charge >= 0.3 is 0 Å². The summed E-state index contributed by atoms with van der Waals surface area (Å²) in [5.74, 6) is 0.259. The zero-order chi connectivity index (χ0) is 15.5. The van der Waals surface area contributed by atoms with Gasteiger partial charge in [0, 0.05) is 24.5 Å². The summed E-state index contributed by atoms with van der Waals surface area (Å²) >= 11 is 0. The minimum Gasteiger partial charge on any atom is -0.384 e. The Kier molecular flexibility index (Phi) is 3.70. The lowest BCUT2D eigenvalue weighted by Gasteiger charge is -2.12. The van der Waals surface area contributed by atoms with E-state index in [0.717, 1.165) is 5.56 Å². The molecule has 0 spiro atoms. The number of hydrogen-bond acceptors (Lipinski definition) is 2. The Bertz CT molecular complexity index is 823. The van der Waals surface area contributed by atoms with Gasteiger partial charge in [-0.25, -0.2) is 9.37 Å². The molecule has 0 saturated heterocycles. The van der Waals surface area contributed by atoms with Gasteiger partial charge in [-0.3, -0.25) is 5.41 Å². The fraction of sp³-hybridized carbons (Fsp3) is 0.0588. The highest BCUT2D eigenvalue weighted by atomic mass is 19.1. The first-order valence-electron chi connectivity index (χ1n) is 6.85. The maximum Gasteiger partial charge on any atom is 0.143 e. The van der Waals surface area contributed by atoms with Crippen LogP contribution < -0.4 is 5.73 Å². The monoisotopic (exact) mass is 294 g/mol. The van der Waals surface area contributed by atoms with Crippen molar-refractivity contribution >= 4 is 5.84 Å². The third-order valence-corrected chi connectivity index (χ3v) is 3.48. The Morgan fingerprint density at radius 2 is 1.86 bits per heavy atom. The van der Waals surface area contributed by atoms with Gasteiger partial charge in [-0.1, -0.05) is 36.4 Å². The van der Waals surface area contributed by atoms with E-state index in [2.05, 4.69) is 4.98 Å². The van der Waals surface area contributed by atoms with E-state index in [1.807, 2.05) is 22.8 Å². The Balaban J connectivity index is 2.01. The number of rotatable bonds is 4. The van der Waals surface area contributed by atoms with Crippen LogP contribution in [0.25, 0.3) is 11.4 Å². The molecule has 1 heterocycles. The van der Waals surface area contributed by atoms with Crippen LogP contribution in [0.2, 0.25) is 0 Å². The van der Waals surface area contributed by atoms with Crippen LogP contribution in [0.1, 0.15) is 11.1 Å². The van der Waals surface area contributed by atoms with E-state index < -0.39 is 0 Å². The van der Waals surface area contributed by atoms with Crippen LogP contribution in [0.3, 0.4) is 0 Å². The van der Waals surface area contributed by atoms with Crippen LogP contribution in [0, 0.1) is 11.2 Å². The van der Waals surface area contributed by atoms with Gasteiger partial charge in [0.25, 0.3) is 0 Å². The highest BCUT2D eigenvalue weighted by molar-refractivity contribution is 5.96. The van der Waals surface area contributed by atoms with Gasteiger partial charge in [-0.15, -0.1) is 0 Å². The molecule has 0 aliphatic carbocycles. The number of amidine groups is 1. The van der Waals surface area contributed by atoms with Gasteiger partial charge < -0.3 is 10.3 Å². The minimum absolute atomic E-state index is 0.0168. The lowest BCUT2D eigenvalue weighted by atomic mass is 10.1. The molecule has 3 aromatic rings. The molecule has 0 aliphatic heterocycles. The first-order chi connectivity index (χ1) is 10.7. The Morgan fingerprint density at radius 1 is 1.14 bits per heavy atom. The minimum atomic E-state index is -0.310. The molecule has 0 bridgehead atoms.